The summed E-state index contributed by atoms with van der Waals surface area (Å²) in [6.45, 7) is 2.90. The Bertz CT molecular complexity index is 497. The van der Waals surface area contributed by atoms with Crippen LogP contribution < -0.4 is 0 Å². The number of ketones is 1. The number of aliphatic carboxylic acids is 1. The lowest BCUT2D eigenvalue weighted by Crippen LogP contribution is -2.25. The Morgan fingerprint density at radius 1 is 1.10 bits per heavy atom. The van der Waals surface area contributed by atoms with Crippen LogP contribution in [0, 0.1) is 11.8 Å². The lowest BCUT2D eigenvalue weighted by Gasteiger charge is -2.15. The minimum Gasteiger partial charge on any atom is -0.481 e. The van der Waals surface area contributed by atoms with Crippen molar-refractivity contribution >= 4 is 23.5 Å². The second-order valence-corrected chi connectivity index (χ2v) is 5.49. The van der Waals surface area contributed by atoms with E-state index >= 15 is 0 Å². The minimum atomic E-state index is -4.38. The van der Waals surface area contributed by atoms with Crippen molar-refractivity contribution in [1.82, 2.24) is 0 Å². The van der Waals surface area contributed by atoms with E-state index in [0.29, 0.717) is 0 Å². The Hall–Kier alpha value is -1.50. The number of halogens is 3. The predicted octanol–water partition coefficient (Wildman–Crippen LogP) is 3.84. The van der Waals surface area contributed by atoms with Crippen LogP contribution in [-0.2, 0) is 4.79 Å². The molecule has 3 nitrogen and oxygen atoms in total. The van der Waals surface area contributed by atoms with Gasteiger partial charge >= 0.3 is 11.5 Å². The fourth-order valence-corrected chi connectivity index (χ4v) is 2.06. The van der Waals surface area contributed by atoms with E-state index in [2.05, 4.69) is 0 Å². The van der Waals surface area contributed by atoms with Crippen molar-refractivity contribution in [2.24, 2.45) is 11.8 Å². The van der Waals surface area contributed by atoms with Crippen molar-refractivity contribution in [3.63, 3.8) is 0 Å². The van der Waals surface area contributed by atoms with Crippen molar-refractivity contribution in [2.45, 2.75) is 24.3 Å². The number of thioether (sulfide) groups is 1. The molecule has 0 radical (unpaired) electrons. The molecule has 0 saturated heterocycles. The number of hydrogen-bond acceptors (Lipinski definition) is 3. The number of hydrogen-bond donors (Lipinski definition) is 1. The number of carbonyl (C=O) groups excluding carboxylic acids is 1. The number of carboxylic acids is 1. The first kappa shape index (κ1) is 16.6. The Balaban J connectivity index is 2.83. The SMILES string of the molecule is CC(C(=O)O)C(C)C(=O)c1ccc(SC(F)(F)F)cc1. The number of benzene rings is 1. The van der Waals surface area contributed by atoms with Crippen LogP contribution >= 0.6 is 11.8 Å². The summed E-state index contributed by atoms with van der Waals surface area (Å²) >= 11 is -0.265. The third-order valence-electron chi connectivity index (χ3n) is 2.93. The average Bonchev–Trinajstić information content (AvgIpc) is 2.35. The Morgan fingerprint density at radius 3 is 2.00 bits per heavy atom. The summed E-state index contributed by atoms with van der Waals surface area (Å²) in [5.74, 6) is -3.08. The normalized spacial score (nSPS) is 14.7. The first-order valence-electron chi connectivity index (χ1n) is 5.74. The predicted molar refractivity (Wildman–Crippen MR) is 68.6 cm³/mol. The first-order chi connectivity index (χ1) is 9.11. The molecule has 20 heavy (non-hydrogen) atoms. The van der Waals surface area contributed by atoms with Crippen LogP contribution in [0.2, 0.25) is 0 Å². The van der Waals surface area contributed by atoms with Crippen molar-refractivity contribution in [2.75, 3.05) is 0 Å². The lowest BCUT2D eigenvalue weighted by molar-refractivity contribution is -0.142. The highest BCUT2D eigenvalue weighted by molar-refractivity contribution is 8.00. The monoisotopic (exact) mass is 306 g/mol. The van der Waals surface area contributed by atoms with E-state index in [9.17, 15) is 22.8 Å². The summed E-state index contributed by atoms with van der Waals surface area (Å²) in [6, 6.07) is 4.95. The highest BCUT2D eigenvalue weighted by Gasteiger charge is 2.30. The molecule has 1 N–H and O–H groups in total. The maximum atomic E-state index is 12.2. The van der Waals surface area contributed by atoms with Crippen molar-refractivity contribution in [1.29, 1.82) is 0 Å². The van der Waals surface area contributed by atoms with Gasteiger partial charge in [-0.1, -0.05) is 26.0 Å². The van der Waals surface area contributed by atoms with Gasteiger partial charge in [0.25, 0.3) is 0 Å². The maximum absolute atomic E-state index is 12.2. The van der Waals surface area contributed by atoms with Gasteiger partial charge in [0, 0.05) is 16.4 Å². The van der Waals surface area contributed by atoms with Crippen LogP contribution in [0.4, 0.5) is 13.2 Å². The largest absolute Gasteiger partial charge is 0.481 e. The van der Waals surface area contributed by atoms with E-state index in [-0.39, 0.29) is 22.2 Å². The molecule has 0 aliphatic heterocycles. The highest BCUT2D eigenvalue weighted by Crippen LogP contribution is 2.36. The summed E-state index contributed by atoms with van der Waals surface area (Å²) < 4.78 is 36.5. The number of rotatable bonds is 5. The van der Waals surface area contributed by atoms with E-state index < -0.39 is 29.1 Å². The Morgan fingerprint density at radius 2 is 1.60 bits per heavy atom. The first-order valence-corrected chi connectivity index (χ1v) is 6.56. The van der Waals surface area contributed by atoms with Gasteiger partial charge in [-0.2, -0.15) is 13.2 Å². The molecule has 0 spiro atoms. The molecule has 0 saturated carbocycles. The van der Waals surface area contributed by atoms with Gasteiger partial charge in [0.15, 0.2) is 5.78 Å². The Labute approximate surface area is 118 Å². The Kier molecular flexibility index (Phi) is 5.21. The average molecular weight is 306 g/mol. The molecule has 7 heteroatoms. The molecule has 2 unspecified atom stereocenters. The van der Waals surface area contributed by atoms with Crippen LogP contribution in [0.5, 0.6) is 0 Å². The zero-order valence-electron chi connectivity index (χ0n) is 10.8. The van der Waals surface area contributed by atoms with Crippen molar-refractivity contribution in [3.8, 4) is 0 Å². The molecule has 0 fully saturated rings. The minimum absolute atomic E-state index is 0.0204. The van der Waals surface area contributed by atoms with Crippen molar-refractivity contribution < 1.29 is 27.9 Å². The number of Topliss-reactive ketones (excluding diaryl/α,β-unsaturated/α-hetero) is 1. The van der Waals surface area contributed by atoms with Gasteiger partial charge in [-0.05, 0) is 23.9 Å². The molecule has 0 bridgehead atoms. The zero-order chi connectivity index (χ0) is 15.5. The van der Waals surface area contributed by atoms with Crippen LogP contribution in [-0.4, -0.2) is 22.4 Å². The smallest absolute Gasteiger partial charge is 0.446 e. The summed E-state index contributed by atoms with van der Waals surface area (Å²) in [5, 5.41) is 8.84. The van der Waals surface area contributed by atoms with Gasteiger partial charge in [0.2, 0.25) is 0 Å². The van der Waals surface area contributed by atoms with E-state index in [1.54, 1.807) is 0 Å². The second kappa shape index (κ2) is 6.30. The summed E-state index contributed by atoms with van der Waals surface area (Å²) in [5.41, 5.74) is -4.17. The summed E-state index contributed by atoms with van der Waals surface area (Å²) in [4.78, 5) is 22.8. The third-order valence-corrected chi connectivity index (χ3v) is 3.66. The molecule has 1 aromatic rings. The molecule has 0 heterocycles. The van der Waals surface area contributed by atoms with Gasteiger partial charge in [0.1, 0.15) is 0 Å². The highest BCUT2D eigenvalue weighted by atomic mass is 32.2. The topological polar surface area (TPSA) is 54.4 Å². The summed E-state index contributed by atoms with van der Waals surface area (Å²) in [6.07, 6.45) is 0. The van der Waals surface area contributed by atoms with Gasteiger partial charge in [0.05, 0.1) is 5.92 Å². The molecule has 0 aliphatic carbocycles. The molecule has 110 valence electrons. The van der Waals surface area contributed by atoms with Crippen LogP contribution in [0.1, 0.15) is 24.2 Å². The van der Waals surface area contributed by atoms with E-state index in [0.717, 1.165) is 0 Å². The molecule has 0 amide bonds. The van der Waals surface area contributed by atoms with Gasteiger partial charge < -0.3 is 5.11 Å². The third kappa shape index (κ3) is 4.56. The summed E-state index contributed by atoms with van der Waals surface area (Å²) in [7, 11) is 0. The van der Waals surface area contributed by atoms with Crippen LogP contribution in [0.15, 0.2) is 29.2 Å². The molecule has 0 aliphatic rings. The number of carboxylic acid groups (broad SMARTS) is 1. The van der Waals surface area contributed by atoms with E-state index in [4.69, 9.17) is 5.11 Å². The maximum Gasteiger partial charge on any atom is 0.446 e. The van der Waals surface area contributed by atoms with Crippen molar-refractivity contribution in [3.05, 3.63) is 29.8 Å². The molecular formula is C13H13F3O3S. The lowest BCUT2D eigenvalue weighted by atomic mass is 9.88. The quantitative estimate of drug-likeness (QED) is 0.663. The number of carbonyl (C=O) groups is 2. The zero-order valence-corrected chi connectivity index (χ0v) is 11.6. The fraction of sp³-hybridized carbons (Fsp3) is 0.385. The molecule has 0 aromatic heterocycles. The van der Waals surface area contributed by atoms with E-state index in [1.165, 1.54) is 38.1 Å². The van der Waals surface area contributed by atoms with Gasteiger partial charge in [-0.15, -0.1) is 0 Å². The van der Waals surface area contributed by atoms with E-state index in [1.807, 2.05) is 0 Å². The molecule has 2 atom stereocenters. The van der Waals surface area contributed by atoms with Crippen LogP contribution in [0.3, 0.4) is 0 Å². The van der Waals surface area contributed by atoms with Crippen LogP contribution in [0.25, 0.3) is 0 Å². The standard InChI is InChI=1S/C13H13F3O3S/c1-7(8(2)12(18)19)11(17)9-3-5-10(6-4-9)20-13(14,15)16/h3-8H,1-2H3,(H,18,19). The molecular weight excluding hydrogens is 293 g/mol. The molecule has 1 aromatic carbocycles. The fourth-order valence-electron chi connectivity index (χ4n) is 1.52. The number of alkyl halides is 3. The van der Waals surface area contributed by atoms with Gasteiger partial charge in [-0.25, -0.2) is 0 Å². The molecule has 1 rings (SSSR count). The van der Waals surface area contributed by atoms with Gasteiger partial charge in [-0.3, -0.25) is 9.59 Å². The second-order valence-electron chi connectivity index (χ2n) is 4.35.